The lowest BCUT2D eigenvalue weighted by Gasteiger charge is -2.17. The van der Waals surface area contributed by atoms with Crippen molar-refractivity contribution >= 4 is 105 Å². The summed E-state index contributed by atoms with van der Waals surface area (Å²) in [6.07, 6.45) is 28.6. The van der Waals surface area contributed by atoms with Gasteiger partial charge in [-0.25, -0.2) is 38.1 Å². The third kappa shape index (κ3) is 29.8. The molecule has 606 valence electrons. The molecule has 0 spiro atoms. The van der Waals surface area contributed by atoms with Gasteiger partial charge in [0.25, 0.3) is 0 Å². The Kier molecular flexibility index (Phi) is 35.6. The molecule has 8 aromatic heterocycles. The summed E-state index contributed by atoms with van der Waals surface area (Å²) >= 11 is 2.20. The van der Waals surface area contributed by atoms with E-state index in [1.165, 1.54) is 48.5 Å². The number of benzene rings is 6. The number of hydrogen-bond acceptors (Lipinski definition) is 16. The Hall–Kier alpha value is -9.67. The molecule has 6 aromatic carbocycles. The molecule has 115 heavy (non-hydrogen) atoms. The normalized spacial score (nSPS) is 11.2. The smallest absolute Gasteiger partial charge is 0.492 e. The van der Waals surface area contributed by atoms with Crippen molar-refractivity contribution in [2.24, 2.45) is 0 Å². The van der Waals surface area contributed by atoms with Crippen molar-refractivity contribution in [1.82, 2.24) is 63.5 Å². The van der Waals surface area contributed by atoms with E-state index in [0.29, 0.717) is 86.3 Å². The molecule has 0 unspecified atom stereocenters. The molecule has 30 heteroatoms. The zero-order valence-corrected chi connectivity index (χ0v) is 73.0. The van der Waals surface area contributed by atoms with Crippen LogP contribution in [0.4, 0.5) is 13.2 Å². The monoisotopic (exact) mass is 1750 g/mol. The zero-order valence-electron chi connectivity index (χ0n) is 67.0. The fourth-order valence-electron chi connectivity index (χ4n) is 11.3. The second kappa shape index (κ2) is 45.0. The van der Waals surface area contributed by atoms with Crippen LogP contribution in [0.3, 0.4) is 0 Å². The molecule has 0 amide bonds. The van der Waals surface area contributed by atoms with Crippen molar-refractivity contribution in [2.45, 2.75) is 130 Å². The zero-order chi connectivity index (χ0) is 81.6. The molecule has 5 N–H and O–H groups in total. The molecule has 14 aromatic rings. The van der Waals surface area contributed by atoms with E-state index in [4.69, 9.17) is 28.7 Å². The van der Waals surface area contributed by atoms with Crippen LogP contribution in [0.15, 0.2) is 221 Å². The summed E-state index contributed by atoms with van der Waals surface area (Å²) in [7, 11) is -4.62. The van der Waals surface area contributed by atoms with E-state index >= 15 is 0 Å². The van der Waals surface area contributed by atoms with Gasteiger partial charge in [-0.3, -0.25) is 15.0 Å². The number of pyridine rings is 3. The van der Waals surface area contributed by atoms with Crippen molar-refractivity contribution in [3.63, 3.8) is 0 Å². The summed E-state index contributed by atoms with van der Waals surface area (Å²) in [6.45, 7) is 30.1. The van der Waals surface area contributed by atoms with Gasteiger partial charge in [0.1, 0.15) is 71.6 Å². The number of phenolic OH excluding ortho intramolecular Hbond substituents is 1. The number of aromatic nitrogens is 13. The fraction of sp³-hybridized carbons (Fsp3) is 0.294. The number of aromatic hydroxyl groups is 1. The summed E-state index contributed by atoms with van der Waals surface area (Å²) < 4.78 is 74.8. The van der Waals surface area contributed by atoms with Gasteiger partial charge in [-0.05, 0) is 174 Å². The van der Waals surface area contributed by atoms with E-state index in [1.54, 1.807) is 117 Å². The summed E-state index contributed by atoms with van der Waals surface area (Å²) in [5.74, 6) is 1.89. The predicted octanol–water partition coefficient (Wildman–Crippen LogP) is 18.5. The lowest BCUT2D eigenvalue weighted by atomic mass is 9.79. The van der Waals surface area contributed by atoms with Crippen molar-refractivity contribution < 1.29 is 52.0 Å². The molecule has 14 rings (SSSR count). The van der Waals surface area contributed by atoms with Crippen molar-refractivity contribution in [3.8, 4) is 40.0 Å². The third-order valence-corrected chi connectivity index (χ3v) is 23.5. The van der Waals surface area contributed by atoms with E-state index in [-0.39, 0.29) is 35.6 Å². The Morgan fingerprint density at radius 3 is 1.37 bits per heavy atom. The second-order valence-electron chi connectivity index (χ2n) is 30.5. The van der Waals surface area contributed by atoms with Gasteiger partial charge in [0.2, 0.25) is 0 Å². The summed E-state index contributed by atoms with van der Waals surface area (Å²) in [5.41, 5.74) is 9.81. The lowest BCUT2D eigenvalue weighted by Crippen LogP contribution is -2.31. The van der Waals surface area contributed by atoms with Crippen LogP contribution in [0.25, 0.3) is 55.5 Å². The van der Waals surface area contributed by atoms with Crippen LogP contribution >= 0.6 is 35.0 Å². The van der Waals surface area contributed by atoms with Crippen LogP contribution in [-0.4, -0.2) is 143 Å². The first-order chi connectivity index (χ1) is 54.7. The number of aromatic amines is 2. The highest BCUT2D eigenvalue weighted by atomic mass is 127. The van der Waals surface area contributed by atoms with E-state index in [1.807, 2.05) is 82.7 Å². The maximum absolute atomic E-state index is 13.2. The number of rotatable bonds is 28. The average Bonchev–Trinajstić information content (AvgIpc) is 1.75. The number of ether oxygens (including phenoxy) is 5. The first kappa shape index (κ1) is 90.9. The van der Waals surface area contributed by atoms with Crippen LogP contribution in [0.1, 0.15) is 47.2 Å². The molecule has 0 fully saturated rings. The van der Waals surface area contributed by atoms with Gasteiger partial charge in [0.05, 0.1) is 37.0 Å². The molecule has 0 radical (unpaired) electrons. The van der Waals surface area contributed by atoms with Crippen molar-refractivity contribution in [3.05, 3.63) is 275 Å². The van der Waals surface area contributed by atoms with Crippen molar-refractivity contribution in [2.75, 3.05) is 33.0 Å². The van der Waals surface area contributed by atoms with Gasteiger partial charge in [-0.2, -0.15) is 0 Å². The highest BCUT2D eigenvalue weighted by Gasteiger charge is 2.22. The fourth-order valence-corrected chi connectivity index (χ4v) is 14.1. The Bertz CT molecular complexity index is 5180. The first-order valence-corrected chi connectivity index (χ1v) is 50.0. The number of fused-ring (bicyclic) bond motifs is 3. The van der Waals surface area contributed by atoms with Crippen LogP contribution in [-0.2, 0) is 53.7 Å². The van der Waals surface area contributed by atoms with Gasteiger partial charge >= 0.3 is 7.12 Å². The Morgan fingerprint density at radius 2 is 0.930 bits per heavy atom. The molecule has 0 bridgehead atoms. The van der Waals surface area contributed by atoms with Crippen molar-refractivity contribution in [1.29, 1.82) is 0 Å². The topological polar surface area (TPSA) is 256 Å². The van der Waals surface area contributed by atoms with Gasteiger partial charge < -0.3 is 62.5 Å². The molecule has 0 atom stereocenters. The number of imidazole rings is 5. The van der Waals surface area contributed by atoms with Gasteiger partial charge in [0.15, 0.2) is 15.3 Å². The van der Waals surface area contributed by atoms with E-state index in [0.717, 1.165) is 102 Å². The van der Waals surface area contributed by atoms with Gasteiger partial charge in [0, 0.05) is 146 Å². The molecule has 8 heterocycles. The molecule has 0 aliphatic carbocycles. The lowest BCUT2D eigenvalue weighted by molar-refractivity contribution is 0.0854. The molecular weight excluding hydrogens is 1650 g/mol. The first-order valence-electron chi connectivity index (χ1n) is 37.8. The minimum atomic E-state index is -1.61. The molecule has 0 saturated heterocycles. The summed E-state index contributed by atoms with van der Waals surface area (Å²) in [5, 5.41) is 32.1. The number of phenols is 1. The quantitative estimate of drug-likeness (QED) is 0.0173. The molecule has 0 saturated carbocycles. The van der Waals surface area contributed by atoms with Crippen LogP contribution < -0.4 is 14.9 Å². The third-order valence-electron chi connectivity index (χ3n) is 17.5. The van der Waals surface area contributed by atoms with E-state index in [9.17, 15) is 28.3 Å². The maximum atomic E-state index is 13.2. The summed E-state index contributed by atoms with van der Waals surface area (Å²) in [4.78, 5) is 39.8. The highest BCUT2D eigenvalue weighted by molar-refractivity contribution is 14.1. The van der Waals surface area contributed by atoms with Gasteiger partial charge in [-0.15, -0.1) is 12.4 Å². The van der Waals surface area contributed by atoms with Crippen LogP contribution in [0.5, 0.6) is 17.2 Å². The molecule has 0 aliphatic rings. The number of hydrogen-bond donors (Lipinski definition) is 5. The SMILES string of the molecule is CCOc1c(-c2nccn2COCC[Si](C)(C)C)ccc2cc(Cc3ccc(F)cc3)cnc12.CCOc1c(B(O)O)ccc2cc(Cc3ccc(F)cc3)cnc12.C[Si](C)(C)CCOCn1ccnc1.C[Si](C)(C)CCOCn1ccnc1I.Cl.Oc1c(-c2ncc[nH]2)ccc2cc(Cc3ccc(F)cc3)cnc12.c1c[nH]cn1. The van der Waals surface area contributed by atoms with E-state index < -0.39 is 31.3 Å². The van der Waals surface area contributed by atoms with Gasteiger partial charge in [-0.1, -0.05) is 120 Å². The Labute approximate surface area is 694 Å². The number of nitrogens with one attached hydrogen (secondary N) is 2. The molecule has 21 nitrogen and oxygen atoms in total. The minimum Gasteiger partial charge on any atom is -0.505 e. The number of nitrogens with zero attached hydrogens (tertiary/aromatic N) is 11. The average molecular weight is 1750 g/mol. The standard InChI is InChI=1S/C27H32FN3O2Si.C19H14FN3O.C18H17BFNO3.C9H17IN2OSi.C9H18N2OSi.C3H4N2.ClH/c1-5-33-26-24(27-29-12-13-31(27)19-32-14-15-34(2,3)4)11-8-22-17-21(18-30-25(22)26)16-20-6-9-23(28)10-7-20;20-15-4-1-12(2-5-15)9-13-10-14-3-6-16(19-21-7-8-22-19)18(24)17(14)23-11-13;1-2-24-18-16(19(22)23)8-5-14-10-13(11-21-17(14)18)9-12-3-6-15(20)7-4-12;1-14(2,3)7-6-13-8-12-5-4-11-9(12)10;1-13(2,3)7-6-12-9-11-5-4-10-8-11;1-2-5-3-4-1;/h6-13,17-18H,5,14-16,19H2,1-4H3;1-8,10-11,24H,9H2,(H,21,22);3-8,10-11,22-23H,2,9H2,1H3;4-5H,6-8H2,1-3H3;4-5,8H,6-7,9H2,1-3H3;1-3H,(H,4,5);1H. The number of H-pyrrole nitrogens is 2. The molecular formula is C85H103BClF3IN13O8Si3. The van der Waals surface area contributed by atoms with E-state index in [2.05, 4.69) is 139 Å². The second-order valence-corrected chi connectivity index (χ2v) is 48.3. The van der Waals surface area contributed by atoms with Crippen LogP contribution in [0.2, 0.25) is 77.1 Å². The summed E-state index contributed by atoms with van der Waals surface area (Å²) in [6, 6.07) is 40.2. The molecule has 0 aliphatic heterocycles. The number of halogens is 5. The Morgan fingerprint density at radius 1 is 0.470 bits per heavy atom. The van der Waals surface area contributed by atoms with Crippen LogP contribution in [0, 0.1) is 21.3 Å². The largest absolute Gasteiger partial charge is 0.505 e. The maximum Gasteiger partial charge on any atom is 0.492 e. The Balaban J connectivity index is 0.000000183. The predicted molar refractivity (Wildman–Crippen MR) is 471 cm³/mol. The minimum absolute atomic E-state index is 0. The highest BCUT2D eigenvalue weighted by Crippen LogP contribution is 2.37.